The Hall–Kier alpha value is -4.34. The summed E-state index contributed by atoms with van der Waals surface area (Å²) in [7, 11) is 0. The lowest BCUT2D eigenvalue weighted by Gasteiger charge is -2.37. The van der Waals surface area contributed by atoms with E-state index < -0.39 is 0 Å². The van der Waals surface area contributed by atoms with Crippen molar-refractivity contribution in [2.75, 3.05) is 46.6 Å². The standard InChI is InChI=1S/C30H36N8O2/c1-19(2)13-27(39)35-29-23-7-5-21(15-25(23)31-17-33-29)37-9-11-38(12-10-37)22-6-8-24-26(16-22)32-18-34-30(24)36-28(40)14-20(3)4/h5-8,15-20H,9-14H2,1-4H3,(H,31,33,35,39)(H,32,34,36,40). The molecule has 0 radical (unpaired) electrons. The molecule has 0 spiro atoms. The van der Waals surface area contributed by atoms with Crippen LogP contribution in [0.2, 0.25) is 0 Å². The Balaban J connectivity index is 1.26. The van der Waals surface area contributed by atoms with Crippen molar-refractivity contribution in [3.05, 3.63) is 49.1 Å². The van der Waals surface area contributed by atoms with Gasteiger partial charge in [0, 0.05) is 61.2 Å². The minimum atomic E-state index is -0.0394. The van der Waals surface area contributed by atoms with Gasteiger partial charge in [0.1, 0.15) is 24.3 Å². The van der Waals surface area contributed by atoms with Crippen LogP contribution < -0.4 is 20.4 Å². The molecule has 208 valence electrons. The number of benzene rings is 2. The van der Waals surface area contributed by atoms with Gasteiger partial charge in [-0.05, 0) is 48.2 Å². The summed E-state index contributed by atoms with van der Waals surface area (Å²) >= 11 is 0. The SMILES string of the molecule is CC(C)CC(=O)Nc1ncnc2cc(N3CCN(c4ccc5c(NC(=O)CC(C)C)ncnc5c4)CC3)ccc12. The van der Waals surface area contributed by atoms with Gasteiger partial charge in [0.25, 0.3) is 0 Å². The van der Waals surface area contributed by atoms with Crippen LogP contribution in [0.3, 0.4) is 0 Å². The lowest BCUT2D eigenvalue weighted by Crippen LogP contribution is -2.46. The van der Waals surface area contributed by atoms with Gasteiger partial charge in [0.15, 0.2) is 0 Å². The van der Waals surface area contributed by atoms with Gasteiger partial charge in [0.2, 0.25) is 11.8 Å². The molecule has 0 atom stereocenters. The molecule has 10 heteroatoms. The topological polar surface area (TPSA) is 116 Å². The van der Waals surface area contributed by atoms with E-state index in [4.69, 9.17) is 0 Å². The molecule has 2 aromatic heterocycles. The largest absolute Gasteiger partial charge is 0.368 e. The molecule has 4 aromatic rings. The van der Waals surface area contributed by atoms with Crippen molar-refractivity contribution in [2.45, 2.75) is 40.5 Å². The van der Waals surface area contributed by atoms with Gasteiger partial charge in [-0.25, -0.2) is 19.9 Å². The van der Waals surface area contributed by atoms with Gasteiger partial charge in [-0.2, -0.15) is 0 Å². The molecule has 1 saturated heterocycles. The predicted molar refractivity (Wildman–Crippen MR) is 160 cm³/mol. The van der Waals surface area contributed by atoms with Gasteiger partial charge >= 0.3 is 0 Å². The third-order valence-corrected chi connectivity index (χ3v) is 6.95. The number of rotatable bonds is 8. The average molecular weight is 541 g/mol. The first-order valence-corrected chi connectivity index (χ1v) is 13.9. The van der Waals surface area contributed by atoms with Crippen LogP contribution in [0.5, 0.6) is 0 Å². The van der Waals surface area contributed by atoms with Crippen LogP contribution in [0, 0.1) is 11.8 Å². The van der Waals surface area contributed by atoms with E-state index in [1.165, 1.54) is 12.7 Å². The third kappa shape index (κ3) is 6.27. The number of hydrogen-bond acceptors (Lipinski definition) is 8. The molecule has 5 rings (SSSR count). The highest BCUT2D eigenvalue weighted by atomic mass is 16.2. The van der Waals surface area contributed by atoms with Crippen LogP contribution in [0.1, 0.15) is 40.5 Å². The van der Waals surface area contributed by atoms with Crippen molar-refractivity contribution in [3.63, 3.8) is 0 Å². The number of anilines is 4. The molecule has 3 heterocycles. The Kier molecular flexibility index (Phi) is 8.04. The monoisotopic (exact) mass is 540 g/mol. The number of carbonyl (C=O) groups excluding carboxylic acids is 2. The average Bonchev–Trinajstić information content (AvgIpc) is 2.92. The summed E-state index contributed by atoms with van der Waals surface area (Å²) in [6.45, 7) is 11.5. The lowest BCUT2D eigenvalue weighted by molar-refractivity contribution is -0.117. The molecular formula is C30H36N8O2. The first-order chi connectivity index (χ1) is 19.3. The van der Waals surface area contributed by atoms with Crippen LogP contribution in [-0.2, 0) is 9.59 Å². The summed E-state index contributed by atoms with van der Waals surface area (Å²) in [4.78, 5) is 46.8. The second kappa shape index (κ2) is 11.8. The normalized spacial score (nSPS) is 13.8. The number of fused-ring (bicyclic) bond motifs is 2. The molecule has 1 aliphatic rings. The van der Waals surface area contributed by atoms with E-state index in [9.17, 15) is 9.59 Å². The fourth-order valence-electron chi connectivity index (χ4n) is 5.01. The molecule has 2 aromatic carbocycles. The van der Waals surface area contributed by atoms with E-state index >= 15 is 0 Å². The van der Waals surface area contributed by atoms with Crippen molar-refractivity contribution >= 4 is 56.6 Å². The van der Waals surface area contributed by atoms with Crippen LogP contribution in [0.4, 0.5) is 23.0 Å². The van der Waals surface area contributed by atoms with Gasteiger partial charge in [-0.3, -0.25) is 9.59 Å². The molecular weight excluding hydrogens is 504 g/mol. The van der Waals surface area contributed by atoms with Crippen LogP contribution in [-0.4, -0.2) is 57.9 Å². The summed E-state index contributed by atoms with van der Waals surface area (Å²) in [5.41, 5.74) is 3.80. The molecule has 1 fully saturated rings. The molecule has 0 bridgehead atoms. The fraction of sp³-hybridized carbons (Fsp3) is 0.400. The first kappa shape index (κ1) is 27.2. The van der Waals surface area contributed by atoms with E-state index in [-0.39, 0.29) is 23.7 Å². The lowest BCUT2D eigenvalue weighted by atomic mass is 10.1. The van der Waals surface area contributed by atoms with E-state index in [2.05, 4.69) is 64.6 Å². The predicted octanol–water partition coefficient (Wildman–Crippen LogP) is 4.87. The number of aromatic nitrogens is 4. The van der Waals surface area contributed by atoms with Gasteiger partial charge < -0.3 is 20.4 Å². The zero-order chi connectivity index (χ0) is 28.2. The molecule has 0 saturated carbocycles. The maximum absolute atomic E-state index is 12.3. The highest BCUT2D eigenvalue weighted by molar-refractivity contribution is 6.01. The number of nitrogens with one attached hydrogen (secondary N) is 2. The fourth-order valence-corrected chi connectivity index (χ4v) is 5.01. The van der Waals surface area contributed by atoms with E-state index in [1.807, 2.05) is 39.8 Å². The van der Waals surface area contributed by atoms with Crippen molar-refractivity contribution in [1.29, 1.82) is 0 Å². The summed E-state index contributed by atoms with van der Waals surface area (Å²) in [5, 5.41) is 7.53. The maximum atomic E-state index is 12.3. The zero-order valence-electron chi connectivity index (χ0n) is 23.5. The van der Waals surface area contributed by atoms with Gasteiger partial charge in [0.05, 0.1) is 11.0 Å². The number of carbonyl (C=O) groups is 2. The molecule has 10 nitrogen and oxygen atoms in total. The van der Waals surface area contributed by atoms with Crippen LogP contribution in [0.15, 0.2) is 49.1 Å². The highest BCUT2D eigenvalue weighted by Crippen LogP contribution is 2.29. The highest BCUT2D eigenvalue weighted by Gasteiger charge is 2.20. The van der Waals surface area contributed by atoms with E-state index in [0.29, 0.717) is 24.5 Å². The van der Waals surface area contributed by atoms with Crippen molar-refractivity contribution in [2.24, 2.45) is 11.8 Å². The molecule has 40 heavy (non-hydrogen) atoms. The summed E-state index contributed by atoms with van der Waals surface area (Å²) in [6, 6.07) is 12.2. The smallest absolute Gasteiger partial charge is 0.225 e. The number of amides is 2. The maximum Gasteiger partial charge on any atom is 0.225 e. The Morgan fingerprint density at radius 3 is 1.45 bits per heavy atom. The Morgan fingerprint density at radius 1 is 0.675 bits per heavy atom. The summed E-state index contributed by atoms with van der Waals surface area (Å²) in [5.74, 6) is 1.58. The Labute approximate surface area is 234 Å². The molecule has 0 unspecified atom stereocenters. The number of nitrogens with zero attached hydrogens (tertiary/aromatic N) is 6. The Bertz CT molecular complexity index is 1410. The van der Waals surface area contributed by atoms with E-state index in [1.54, 1.807) is 0 Å². The molecule has 2 N–H and O–H groups in total. The van der Waals surface area contributed by atoms with Crippen LogP contribution >= 0.6 is 0 Å². The second-order valence-electron chi connectivity index (χ2n) is 11.1. The van der Waals surface area contributed by atoms with E-state index in [0.717, 1.165) is 59.4 Å². The second-order valence-corrected chi connectivity index (χ2v) is 11.1. The van der Waals surface area contributed by atoms with Crippen LogP contribution in [0.25, 0.3) is 21.8 Å². The van der Waals surface area contributed by atoms with Gasteiger partial charge in [-0.15, -0.1) is 0 Å². The molecule has 0 aliphatic carbocycles. The van der Waals surface area contributed by atoms with Crippen molar-refractivity contribution < 1.29 is 9.59 Å². The number of hydrogen-bond donors (Lipinski definition) is 2. The number of piperazine rings is 1. The minimum absolute atomic E-state index is 0.0394. The summed E-state index contributed by atoms with van der Waals surface area (Å²) < 4.78 is 0. The molecule has 2 amide bonds. The first-order valence-electron chi connectivity index (χ1n) is 13.9. The van der Waals surface area contributed by atoms with Crippen molar-refractivity contribution in [3.8, 4) is 0 Å². The third-order valence-electron chi connectivity index (χ3n) is 6.95. The van der Waals surface area contributed by atoms with Gasteiger partial charge in [-0.1, -0.05) is 27.7 Å². The minimum Gasteiger partial charge on any atom is -0.368 e. The zero-order valence-corrected chi connectivity index (χ0v) is 23.5. The molecule has 1 aliphatic heterocycles. The quantitative estimate of drug-likeness (QED) is 0.325. The Morgan fingerprint density at radius 2 is 1.07 bits per heavy atom. The summed E-state index contributed by atoms with van der Waals surface area (Å²) in [6.07, 6.45) is 3.90. The van der Waals surface area contributed by atoms with Crippen molar-refractivity contribution in [1.82, 2.24) is 19.9 Å².